The zero-order chi connectivity index (χ0) is 29.6. The summed E-state index contributed by atoms with van der Waals surface area (Å²) in [5, 5.41) is 0. The van der Waals surface area contributed by atoms with Crippen molar-refractivity contribution in [3.63, 3.8) is 0 Å². The van der Waals surface area contributed by atoms with Crippen LogP contribution in [-0.2, 0) is 25.4 Å². The quantitative estimate of drug-likeness (QED) is 0.109. The molecule has 0 radical (unpaired) electrons. The summed E-state index contributed by atoms with van der Waals surface area (Å²) in [4.78, 5) is 22.9. The highest BCUT2D eigenvalue weighted by Crippen LogP contribution is 2.33. The van der Waals surface area contributed by atoms with Gasteiger partial charge in [-0.1, -0.05) is 51.7 Å². The number of halogens is 2. The Labute approximate surface area is 240 Å². The molecular weight excluding hydrogens is 534 g/mol. The van der Waals surface area contributed by atoms with Crippen LogP contribution in [0.1, 0.15) is 64.4 Å². The molecule has 1 fully saturated rings. The molecule has 0 amide bonds. The van der Waals surface area contributed by atoms with E-state index in [4.69, 9.17) is 23.7 Å². The van der Waals surface area contributed by atoms with Gasteiger partial charge in [0.15, 0.2) is 17.4 Å². The molecule has 1 aliphatic heterocycles. The van der Waals surface area contributed by atoms with E-state index in [2.05, 4.69) is 13.5 Å². The van der Waals surface area contributed by atoms with Gasteiger partial charge in [-0.25, -0.2) is 18.4 Å². The summed E-state index contributed by atoms with van der Waals surface area (Å²) >= 11 is 0. The summed E-state index contributed by atoms with van der Waals surface area (Å²) in [5.41, 5.74) is 2.05. The normalized spacial score (nSPS) is 13.3. The van der Waals surface area contributed by atoms with E-state index in [1.54, 1.807) is 25.1 Å². The first-order valence-electron chi connectivity index (χ1n) is 14.3. The monoisotopic (exact) mass is 574 g/mol. The smallest absolute Gasteiger partial charge is 0.493 e. The molecule has 0 saturated carbocycles. The molecule has 7 nitrogen and oxygen atoms in total. The molecule has 224 valence electrons. The van der Waals surface area contributed by atoms with Crippen LogP contribution in [0.25, 0.3) is 11.1 Å². The number of carbonyl (C=O) groups excluding carboxylic acids is 2. The van der Waals surface area contributed by atoms with E-state index in [0.29, 0.717) is 35.3 Å². The molecule has 0 atom stereocenters. The lowest BCUT2D eigenvalue weighted by atomic mass is 9.99. The third kappa shape index (κ3) is 10.4. The zero-order valence-electron chi connectivity index (χ0n) is 24.0. The number of carbonyl (C=O) groups is 2. The van der Waals surface area contributed by atoms with Crippen LogP contribution in [0, 0.1) is 17.6 Å². The van der Waals surface area contributed by atoms with Crippen LogP contribution < -0.4 is 9.47 Å². The molecule has 41 heavy (non-hydrogen) atoms. The van der Waals surface area contributed by atoms with Gasteiger partial charge in [0, 0.05) is 5.57 Å². The Morgan fingerprint density at radius 2 is 1.61 bits per heavy atom. The van der Waals surface area contributed by atoms with Crippen LogP contribution in [-0.4, -0.2) is 45.2 Å². The van der Waals surface area contributed by atoms with Crippen LogP contribution in [0.5, 0.6) is 11.5 Å². The minimum absolute atomic E-state index is 0.135. The first kappa shape index (κ1) is 31.9. The predicted octanol–water partition coefficient (Wildman–Crippen LogP) is 7.58. The number of aryl methyl sites for hydroxylation is 1. The first-order valence-corrected chi connectivity index (χ1v) is 14.3. The molecule has 0 bridgehead atoms. The second-order valence-electron chi connectivity index (χ2n) is 10.3. The number of rotatable bonds is 17. The van der Waals surface area contributed by atoms with E-state index in [1.165, 1.54) is 18.6 Å². The second-order valence-corrected chi connectivity index (χ2v) is 10.3. The van der Waals surface area contributed by atoms with Crippen LogP contribution >= 0.6 is 0 Å². The fourth-order valence-corrected chi connectivity index (χ4v) is 4.33. The maximum Gasteiger partial charge on any atom is 0.508 e. The molecule has 3 rings (SSSR count). The predicted molar refractivity (Wildman–Crippen MR) is 151 cm³/mol. The summed E-state index contributed by atoms with van der Waals surface area (Å²) in [5.74, 6) is -1.91. The summed E-state index contributed by atoms with van der Waals surface area (Å²) in [6.07, 6.45) is 6.57. The van der Waals surface area contributed by atoms with Crippen molar-refractivity contribution in [3.05, 3.63) is 59.7 Å². The number of cyclic esters (lactones) is 2. The summed E-state index contributed by atoms with van der Waals surface area (Å²) in [6, 6.07) is 7.79. The lowest BCUT2D eigenvalue weighted by Gasteiger charge is -2.22. The minimum Gasteiger partial charge on any atom is -0.493 e. The van der Waals surface area contributed by atoms with Gasteiger partial charge in [0.2, 0.25) is 0 Å². The van der Waals surface area contributed by atoms with E-state index >= 15 is 0 Å². The molecule has 9 heteroatoms. The third-order valence-corrected chi connectivity index (χ3v) is 6.66. The van der Waals surface area contributed by atoms with Gasteiger partial charge in [-0.15, -0.1) is 0 Å². The average Bonchev–Trinajstić information content (AvgIpc) is 2.95. The van der Waals surface area contributed by atoms with Crippen molar-refractivity contribution in [2.45, 2.75) is 65.2 Å². The Morgan fingerprint density at radius 3 is 2.29 bits per heavy atom. The van der Waals surface area contributed by atoms with Gasteiger partial charge in [0.05, 0.1) is 25.7 Å². The number of unbranched alkanes of at least 4 members (excludes halogenated alkanes) is 5. The molecule has 0 aliphatic carbocycles. The van der Waals surface area contributed by atoms with Crippen LogP contribution in [0.2, 0.25) is 0 Å². The van der Waals surface area contributed by atoms with E-state index in [0.717, 1.165) is 37.7 Å². The fraction of sp³-hybridized carbons (Fsp3) is 0.500. The lowest BCUT2D eigenvalue weighted by molar-refractivity contribution is -0.139. The SMILES string of the molecule is C=C(C)C(=O)OCCCc1cc(-c2cc(F)c(OCCCCCCCC)c(F)c2)ccc1OCC1COC(=O)OC1. The lowest BCUT2D eigenvalue weighted by Crippen LogP contribution is -2.31. The van der Waals surface area contributed by atoms with E-state index in [-0.39, 0.29) is 44.7 Å². The van der Waals surface area contributed by atoms with E-state index in [1.807, 2.05) is 0 Å². The Bertz CT molecular complexity index is 1150. The number of hydrogen-bond donors (Lipinski definition) is 0. The zero-order valence-corrected chi connectivity index (χ0v) is 24.0. The molecule has 2 aromatic carbocycles. The second kappa shape index (κ2) is 16.6. The maximum absolute atomic E-state index is 14.9. The number of benzene rings is 2. The summed E-state index contributed by atoms with van der Waals surface area (Å²) in [6.45, 7) is 8.37. The Hall–Kier alpha value is -3.62. The number of hydrogen-bond acceptors (Lipinski definition) is 7. The Kier molecular flexibility index (Phi) is 12.9. The van der Waals surface area contributed by atoms with Crippen LogP contribution in [0.15, 0.2) is 42.5 Å². The van der Waals surface area contributed by atoms with Gasteiger partial charge < -0.3 is 23.7 Å². The fourth-order valence-electron chi connectivity index (χ4n) is 4.33. The molecule has 1 heterocycles. The molecule has 0 N–H and O–H groups in total. The highest BCUT2D eigenvalue weighted by molar-refractivity contribution is 5.86. The van der Waals surface area contributed by atoms with Crippen molar-refractivity contribution in [2.24, 2.45) is 5.92 Å². The minimum atomic E-state index is -0.758. The van der Waals surface area contributed by atoms with Crippen molar-refractivity contribution in [2.75, 3.05) is 33.0 Å². The third-order valence-electron chi connectivity index (χ3n) is 6.66. The highest BCUT2D eigenvalue weighted by Gasteiger charge is 2.22. The van der Waals surface area contributed by atoms with Crippen molar-refractivity contribution >= 4 is 12.1 Å². The van der Waals surface area contributed by atoms with Crippen LogP contribution in [0.3, 0.4) is 0 Å². The molecule has 1 aliphatic rings. The van der Waals surface area contributed by atoms with Gasteiger partial charge in [0.25, 0.3) is 0 Å². The van der Waals surface area contributed by atoms with Crippen molar-refractivity contribution in [1.29, 1.82) is 0 Å². The number of esters is 1. The van der Waals surface area contributed by atoms with E-state index < -0.39 is 23.8 Å². The standard InChI is InChI=1S/C32H40F2O7/c1-4-5-6-7-8-9-14-37-30-27(33)17-26(18-28(30)34)24-12-13-29(39-19-23-20-40-32(36)41-21-23)25(16-24)11-10-15-38-31(35)22(2)3/h12-13,16-18,23H,2,4-11,14-15,19-21H2,1,3H3. The van der Waals surface area contributed by atoms with Gasteiger partial charge in [-0.05, 0) is 67.1 Å². The largest absolute Gasteiger partial charge is 0.508 e. The van der Waals surface area contributed by atoms with Crippen molar-refractivity contribution in [1.82, 2.24) is 0 Å². The Balaban J connectivity index is 1.69. The van der Waals surface area contributed by atoms with Gasteiger partial charge in [-0.3, -0.25) is 0 Å². The van der Waals surface area contributed by atoms with Crippen molar-refractivity contribution in [3.8, 4) is 22.6 Å². The highest BCUT2D eigenvalue weighted by atomic mass is 19.1. The molecule has 0 spiro atoms. The van der Waals surface area contributed by atoms with Gasteiger partial charge in [-0.2, -0.15) is 0 Å². The van der Waals surface area contributed by atoms with Crippen molar-refractivity contribution < 1.29 is 42.1 Å². The number of ether oxygens (including phenoxy) is 5. The molecule has 0 aromatic heterocycles. The topological polar surface area (TPSA) is 80.3 Å². The molecule has 2 aromatic rings. The summed E-state index contributed by atoms with van der Waals surface area (Å²) in [7, 11) is 0. The maximum atomic E-state index is 14.9. The Morgan fingerprint density at radius 1 is 0.927 bits per heavy atom. The average molecular weight is 575 g/mol. The van der Waals surface area contributed by atoms with Gasteiger partial charge in [0.1, 0.15) is 19.0 Å². The molecular formula is C32H40F2O7. The first-order chi connectivity index (χ1) is 19.8. The molecule has 1 saturated heterocycles. The van der Waals surface area contributed by atoms with Gasteiger partial charge >= 0.3 is 12.1 Å². The summed E-state index contributed by atoms with van der Waals surface area (Å²) < 4.78 is 56.3. The van der Waals surface area contributed by atoms with E-state index in [9.17, 15) is 18.4 Å². The van der Waals surface area contributed by atoms with Crippen LogP contribution in [0.4, 0.5) is 13.6 Å². The molecule has 0 unspecified atom stereocenters.